The molecule has 0 radical (unpaired) electrons. The molecule has 6 nitrogen and oxygen atoms in total. The summed E-state index contributed by atoms with van der Waals surface area (Å²) in [6.45, 7) is 0. The third-order valence-electron chi connectivity index (χ3n) is 6.22. The van der Waals surface area contributed by atoms with Crippen LogP contribution < -0.4 is 10.6 Å². The molecule has 42 heavy (non-hydrogen) atoms. The van der Waals surface area contributed by atoms with E-state index in [-0.39, 0.29) is 34.5 Å². The second-order valence-corrected chi connectivity index (χ2v) is 11.4. The number of carbonyl (C=O) groups excluding carboxylic acids is 3. The number of nitrogens with one attached hydrogen (secondary N) is 2. The Labute approximate surface area is 261 Å². The minimum atomic E-state index is -0.787. The Morgan fingerprint density at radius 2 is 1.43 bits per heavy atom. The second-order valence-electron chi connectivity index (χ2n) is 9.09. The predicted octanol–water partition coefficient (Wildman–Crippen LogP) is 8.00. The number of Topliss-reactive ketones (excluding diaryl/α,β-unsaturated/α-hetero) is 1. The molecule has 0 aromatic heterocycles. The van der Waals surface area contributed by atoms with E-state index in [4.69, 9.17) is 11.6 Å². The molecule has 0 heterocycles. The topological polar surface area (TPSA) is 99.1 Å². The van der Waals surface area contributed by atoms with Gasteiger partial charge in [0, 0.05) is 38.6 Å². The number of allylic oxidation sites excluding steroid dienone is 1. The summed E-state index contributed by atoms with van der Waals surface area (Å²) in [6.07, 6.45) is -0.0764. The standard InChI is InChI=1S/C33H25BrClN3O3S/c34-24-15-17-25(18-16-24)37-31(40)21-42-33(38-32(41)23-11-5-2-6-12-23)28(20-36)27(26-13-7-8-14-29(26)35)19-30(39)22-9-3-1-4-10-22/h1-18,27H,19,21H2,(H,37,40)(H,38,41)/b33-28+. The van der Waals surface area contributed by atoms with Crippen molar-refractivity contribution in [3.63, 3.8) is 0 Å². The third-order valence-corrected chi connectivity index (χ3v) is 8.11. The number of nitrogens with zero attached hydrogens (tertiary/aromatic N) is 1. The van der Waals surface area contributed by atoms with Crippen molar-refractivity contribution in [2.75, 3.05) is 11.1 Å². The first kappa shape index (κ1) is 30.8. The van der Waals surface area contributed by atoms with Gasteiger partial charge in [-0.25, -0.2) is 0 Å². The van der Waals surface area contributed by atoms with Crippen molar-refractivity contribution in [3.05, 3.63) is 146 Å². The molecular formula is C33H25BrClN3O3S. The zero-order valence-electron chi connectivity index (χ0n) is 22.2. The summed E-state index contributed by atoms with van der Waals surface area (Å²) in [6, 6.07) is 33.6. The number of rotatable bonds is 11. The van der Waals surface area contributed by atoms with Gasteiger partial charge in [0.15, 0.2) is 5.78 Å². The van der Waals surface area contributed by atoms with Crippen LogP contribution in [0.25, 0.3) is 0 Å². The maximum absolute atomic E-state index is 13.4. The van der Waals surface area contributed by atoms with Gasteiger partial charge in [0.05, 0.1) is 22.4 Å². The minimum absolute atomic E-state index is 0.0764. The Kier molecular flexibility index (Phi) is 11.1. The zero-order valence-corrected chi connectivity index (χ0v) is 25.4. The lowest BCUT2D eigenvalue weighted by Gasteiger charge is -2.21. The Morgan fingerprint density at radius 3 is 2.05 bits per heavy atom. The normalized spacial score (nSPS) is 11.9. The van der Waals surface area contributed by atoms with E-state index in [1.165, 1.54) is 0 Å². The van der Waals surface area contributed by atoms with E-state index < -0.39 is 11.8 Å². The molecule has 0 bridgehead atoms. The van der Waals surface area contributed by atoms with Crippen molar-refractivity contribution in [1.29, 1.82) is 5.26 Å². The molecule has 2 N–H and O–H groups in total. The van der Waals surface area contributed by atoms with Gasteiger partial charge in [-0.3, -0.25) is 14.4 Å². The highest BCUT2D eigenvalue weighted by Gasteiger charge is 2.28. The van der Waals surface area contributed by atoms with E-state index in [0.717, 1.165) is 16.2 Å². The van der Waals surface area contributed by atoms with Crippen molar-refractivity contribution in [2.24, 2.45) is 0 Å². The molecule has 4 aromatic rings. The molecule has 0 fully saturated rings. The molecule has 2 amide bonds. The molecule has 0 spiro atoms. The van der Waals surface area contributed by atoms with Gasteiger partial charge < -0.3 is 10.6 Å². The van der Waals surface area contributed by atoms with Gasteiger partial charge in [-0.15, -0.1) is 0 Å². The number of anilines is 1. The molecule has 1 unspecified atom stereocenters. The lowest BCUT2D eigenvalue weighted by atomic mass is 9.86. The predicted molar refractivity (Wildman–Crippen MR) is 171 cm³/mol. The zero-order chi connectivity index (χ0) is 29.9. The highest BCUT2D eigenvalue weighted by Crippen LogP contribution is 2.37. The van der Waals surface area contributed by atoms with Crippen molar-refractivity contribution in [1.82, 2.24) is 5.32 Å². The average molecular weight is 659 g/mol. The minimum Gasteiger partial charge on any atom is -0.325 e. The third kappa shape index (κ3) is 8.43. The average Bonchev–Trinajstić information content (AvgIpc) is 3.01. The van der Waals surface area contributed by atoms with Crippen LogP contribution in [0, 0.1) is 11.3 Å². The molecule has 4 rings (SSSR count). The van der Waals surface area contributed by atoms with E-state index >= 15 is 0 Å². The molecule has 0 saturated heterocycles. The number of hydrogen-bond acceptors (Lipinski definition) is 5. The maximum Gasteiger partial charge on any atom is 0.256 e. The van der Waals surface area contributed by atoms with Crippen LogP contribution in [-0.4, -0.2) is 23.4 Å². The number of nitriles is 1. The number of thioether (sulfide) groups is 1. The van der Waals surface area contributed by atoms with Gasteiger partial charge in [0.25, 0.3) is 5.91 Å². The molecule has 1 atom stereocenters. The number of ketones is 1. The number of amides is 2. The Hall–Kier alpha value is -4.16. The quantitative estimate of drug-likeness (QED) is 0.126. The fraction of sp³-hybridized carbons (Fsp3) is 0.0909. The largest absolute Gasteiger partial charge is 0.325 e. The van der Waals surface area contributed by atoms with Crippen LogP contribution in [0.15, 0.2) is 124 Å². The Morgan fingerprint density at radius 1 is 0.833 bits per heavy atom. The summed E-state index contributed by atoms with van der Waals surface area (Å²) >= 11 is 11.0. The van der Waals surface area contributed by atoms with E-state index in [2.05, 4.69) is 32.6 Å². The maximum atomic E-state index is 13.4. The van der Waals surface area contributed by atoms with Gasteiger partial charge >= 0.3 is 0 Å². The SMILES string of the molecule is N#C/C(=C(/NC(=O)c1ccccc1)SCC(=O)Nc1ccc(Br)cc1)C(CC(=O)c1ccccc1)c1ccccc1Cl. The monoisotopic (exact) mass is 657 g/mol. The first-order valence-corrected chi connectivity index (χ1v) is 15.0. The van der Waals surface area contributed by atoms with Crippen molar-refractivity contribution in [3.8, 4) is 6.07 Å². The molecular weight excluding hydrogens is 634 g/mol. The molecule has 210 valence electrons. The second kappa shape index (κ2) is 15.2. The van der Waals surface area contributed by atoms with Crippen molar-refractivity contribution in [2.45, 2.75) is 12.3 Å². The fourth-order valence-electron chi connectivity index (χ4n) is 4.15. The van der Waals surface area contributed by atoms with Crippen LogP contribution in [0.3, 0.4) is 0 Å². The smallest absolute Gasteiger partial charge is 0.256 e. The first-order chi connectivity index (χ1) is 20.4. The van der Waals surface area contributed by atoms with E-state index in [0.29, 0.717) is 27.4 Å². The molecule has 9 heteroatoms. The van der Waals surface area contributed by atoms with Crippen LogP contribution in [-0.2, 0) is 4.79 Å². The number of halogens is 2. The van der Waals surface area contributed by atoms with Crippen LogP contribution >= 0.6 is 39.3 Å². The molecule has 0 aliphatic carbocycles. The summed E-state index contributed by atoms with van der Waals surface area (Å²) in [7, 11) is 0. The fourth-order valence-corrected chi connectivity index (χ4v) is 5.54. The summed E-state index contributed by atoms with van der Waals surface area (Å²) in [5, 5.41) is 16.7. The van der Waals surface area contributed by atoms with Crippen molar-refractivity contribution >= 4 is 62.6 Å². The van der Waals surface area contributed by atoms with Gasteiger partial charge in [0.2, 0.25) is 5.91 Å². The number of benzene rings is 4. The van der Waals surface area contributed by atoms with E-state index in [9.17, 15) is 19.6 Å². The van der Waals surface area contributed by atoms with Crippen LogP contribution in [0.2, 0.25) is 5.02 Å². The van der Waals surface area contributed by atoms with Gasteiger partial charge in [0.1, 0.15) is 0 Å². The van der Waals surface area contributed by atoms with Gasteiger partial charge in [-0.1, -0.05) is 106 Å². The van der Waals surface area contributed by atoms with Crippen LogP contribution in [0.4, 0.5) is 5.69 Å². The Balaban J connectivity index is 1.72. The molecule has 0 aliphatic heterocycles. The lowest BCUT2D eigenvalue weighted by molar-refractivity contribution is -0.113. The molecule has 0 aliphatic rings. The van der Waals surface area contributed by atoms with Gasteiger partial charge in [-0.05, 0) is 48.0 Å². The van der Waals surface area contributed by atoms with E-state index in [1.807, 2.05) is 6.07 Å². The number of hydrogen-bond donors (Lipinski definition) is 2. The summed E-state index contributed by atoms with van der Waals surface area (Å²) in [5.41, 5.74) is 2.15. The van der Waals surface area contributed by atoms with Crippen molar-refractivity contribution < 1.29 is 14.4 Å². The first-order valence-electron chi connectivity index (χ1n) is 12.9. The Bertz CT molecular complexity index is 1640. The van der Waals surface area contributed by atoms with E-state index in [1.54, 1.807) is 103 Å². The highest BCUT2D eigenvalue weighted by molar-refractivity contribution is 9.10. The number of carbonyl (C=O) groups is 3. The van der Waals surface area contributed by atoms with Crippen LogP contribution in [0.1, 0.15) is 38.6 Å². The molecule has 0 saturated carbocycles. The summed E-state index contributed by atoms with van der Waals surface area (Å²) < 4.78 is 0.873. The summed E-state index contributed by atoms with van der Waals surface area (Å²) in [4.78, 5) is 39.5. The molecule has 4 aromatic carbocycles. The lowest BCUT2D eigenvalue weighted by Crippen LogP contribution is -2.25. The summed E-state index contributed by atoms with van der Waals surface area (Å²) in [5.74, 6) is -1.87. The van der Waals surface area contributed by atoms with Gasteiger partial charge in [-0.2, -0.15) is 5.26 Å². The highest BCUT2D eigenvalue weighted by atomic mass is 79.9. The van der Waals surface area contributed by atoms with Crippen LogP contribution in [0.5, 0.6) is 0 Å².